The molecule has 28 heavy (non-hydrogen) atoms. The number of carbonyl (C=O) groups is 1. The van der Waals surface area contributed by atoms with Gasteiger partial charge in [0.2, 0.25) is 11.9 Å². The van der Waals surface area contributed by atoms with Crippen molar-refractivity contribution in [3.63, 3.8) is 0 Å². The van der Waals surface area contributed by atoms with Crippen LogP contribution in [0.3, 0.4) is 0 Å². The van der Waals surface area contributed by atoms with Crippen molar-refractivity contribution in [2.45, 2.75) is 13.0 Å². The first-order chi connectivity index (χ1) is 13.4. The molecule has 142 valence electrons. The second-order valence-electron chi connectivity index (χ2n) is 6.28. The van der Waals surface area contributed by atoms with E-state index in [1.54, 1.807) is 35.9 Å². The fourth-order valence-electron chi connectivity index (χ4n) is 3.21. The summed E-state index contributed by atoms with van der Waals surface area (Å²) in [5, 5.41) is 9.03. The normalized spacial score (nSPS) is 15.9. The maximum atomic E-state index is 12.2. The molecule has 3 aromatic rings. The number of fused-ring (bicyclic) bond motifs is 1. The molecule has 1 aliphatic rings. The highest BCUT2D eigenvalue weighted by atomic mass is 35.5. The predicted molar refractivity (Wildman–Crippen MR) is 111 cm³/mol. The number of nitrogens with zero attached hydrogens (tertiary/aromatic N) is 3. The van der Waals surface area contributed by atoms with Crippen LogP contribution in [0.4, 0.5) is 5.95 Å². The van der Waals surface area contributed by atoms with E-state index < -0.39 is 11.9 Å². The second kappa shape index (κ2) is 7.13. The lowest BCUT2D eigenvalue weighted by atomic mass is 9.95. The first kappa shape index (κ1) is 18.8. The largest absolute Gasteiger partial charge is 0.366 e. The van der Waals surface area contributed by atoms with Crippen molar-refractivity contribution in [3.8, 4) is 11.4 Å². The molecular formula is C19H14Cl3N5O. The molecule has 0 saturated carbocycles. The molecule has 1 unspecified atom stereocenters. The van der Waals surface area contributed by atoms with E-state index in [0.29, 0.717) is 49.2 Å². The molecule has 0 spiro atoms. The van der Waals surface area contributed by atoms with Crippen LogP contribution in [-0.4, -0.2) is 20.7 Å². The highest BCUT2D eigenvalue weighted by molar-refractivity contribution is 6.42. The number of nitrogens with two attached hydrogens (primary N) is 1. The van der Waals surface area contributed by atoms with Gasteiger partial charge in [-0.05, 0) is 31.2 Å². The SMILES string of the molecule is CC1=C(C(N)=O)C(c2ccccc2Cl)n2nc(-c3ccc(Cl)c(Cl)c3)nc2N1. The van der Waals surface area contributed by atoms with Crippen LogP contribution in [0.5, 0.6) is 0 Å². The maximum Gasteiger partial charge on any atom is 0.248 e. The minimum atomic E-state index is -0.605. The molecule has 9 heteroatoms. The van der Waals surface area contributed by atoms with Gasteiger partial charge in [-0.3, -0.25) is 4.79 Å². The number of primary amides is 1. The van der Waals surface area contributed by atoms with Gasteiger partial charge in [0, 0.05) is 21.8 Å². The van der Waals surface area contributed by atoms with Gasteiger partial charge in [0.1, 0.15) is 6.04 Å². The predicted octanol–water partition coefficient (Wildman–Crippen LogP) is 4.68. The van der Waals surface area contributed by atoms with E-state index in [1.165, 1.54) is 0 Å². The van der Waals surface area contributed by atoms with E-state index in [4.69, 9.17) is 40.5 Å². The van der Waals surface area contributed by atoms with Crippen LogP contribution in [-0.2, 0) is 4.79 Å². The Labute approximate surface area is 175 Å². The second-order valence-corrected chi connectivity index (χ2v) is 7.51. The molecule has 0 saturated heterocycles. The zero-order valence-corrected chi connectivity index (χ0v) is 16.8. The van der Waals surface area contributed by atoms with Gasteiger partial charge in [-0.15, -0.1) is 5.10 Å². The summed E-state index contributed by atoms with van der Waals surface area (Å²) in [5.74, 6) is 0.331. The number of carbonyl (C=O) groups excluding carboxylic acids is 1. The molecule has 4 rings (SSSR count). The number of nitrogens with one attached hydrogen (secondary N) is 1. The Kier molecular flexibility index (Phi) is 4.79. The van der Waals surface area contributed by atoms with E-state index in [1.807, 2.05) is 18.2 Å². The number of hydrogen-bond donors (Lipinski definition) is 2. The lowest BCUT2D eigenvalue weighted by Crippen LogP contribution is -2.32. The Morgan fingerprint density at radius 1 is 1.11 bits per heavy atom. The summed E-state index contributed by atoms with van der Waals surface area (Å²) in [6.07, 6.45) is 0. The first-order valence-corrected chi connectivity index (χ1v) is 9.44. The zero-order valence-electron chi connectivity index (χ0n) is 14.6. The molecule has 0 radical (unpaired) electrons. The van der Waals surface area contributed by atoms with E-state index in [-0.39, 0.29) is 0 Å². The Morgan fingerprint density at radius 3 is 2.54 bits per heavy atom. The third-order valence-corrected chi connectivity index (χ3v) is 5.58. The van der Waals surface area contributed by atoms with E-state index in [0.717, 1.165) is 0 Å². The number of anilines is 1. The van der Waals surface area contributed by atoms with Crippen LogP contribution in [0.15, 0.2) is 53.7 Å². The summed E-state index contributed by atoms with van der Waals surface area (Å²) in [4.78, 5) is 16.8. The van der Waals surface area contributed by atoms with Gasteiger partial charge < -0.3 is 11.1 Å². The Balaban J connectivity index is 1.90. The van der Waals surface area contributed by atoms with Crippen LogP contribution in [0.1, 0.15) is 18.5 Å². The summed E-state index contributed by atoms with van der Waals surface area (Å²) < 4.78 is 1.60. The van der Waals surface area contributed by atoms with Crippen LogP contribution in [0.2, 0.25) is 15.1 Å². The monoisotopic (exact) mass is 433 g/mol. The van der Waals surface area contributed by atoms with Gasteiger partial charge in [-0.25, -0.2) is 4.68 Å². The summed E-state index contributed by atoms with van der Waals surface area (Å²) in [5.41, 5.74) is 8.02. The summed E-state index contributed by atoms with van der Waals surface area (Å²) in [7, 11) is 0. The van der Waals surface area contributed by atoms with Crippen molar-refractivity contribution in [3.05, 3.63) is 74.4 Å². The number of hydrogen-bond acceptors (Lipinski definition) is 4. The zero-order chi connectivity index (χ0) is 20.0. The standard InChI is InChI=1S/C19H14Cl3N5O/c1-9-15(17(23)28)16(11-4-2-3-5-12(11)20)27-19(24-9)25-18(26-27)10-6-7-13(21)14(22)8-10/h2-8,16H,1H3,(H2,23,28)(H,24,25,26). The average Bonchev–Trinajstić information content (AvgIpc) is 3.06. The number of amides is 1. The Hall–Kier alpha value is -2.54. The molecule has 1 aliphatic heterocycles. The van der Waals surface area contributed by atoms with Crippen LogP contribution in [0.25, 0.3) is 11.4 Å². The van der Waals surface area contributed by atoms with Crippen molar-refractivity contribution in [2.75, 3.05) is 5.32 Å². The van der Waals surface area contributed by atoms with Crippen molar-refractivity contribution in [1.29, 1.82) is 0 Å². The average molecular weight is 435 g/mol. The molecular weight excluding hydrogens is 421 g/mol. The minimum Gasteiger partial charge on any atom is -0.366 e. The topological polar surface area (TPSA) is 85.8 Å². The third kappa shape index (κ3) is 3.13. The number of benzene rings is 2. The van der Waals surface area contributed by atoms with Gasteiger partial charge in [0.05, 0.1) is 15.6 Å². The summed E-state index contributed by atoms with van der Waals surface area (Å²) >= 11 is 18.5. The lowest BCUT2D eigenvalue weighted by Gasteiger charge is -2.28. The van der Waals surface area contributed by atoms with E-state index >= 15 is 0 Å². The summed E-state index contributed by atoms with van der Waals surface area (Å²) in [6.45, 7) is 1.76. The molecule has 3 N–H and O–H groups in total. The van der Waals surface area contributed by atoms with Crippen molar-refractivity contribution < 1.29 is 4.79 Å². The van der Waals surface area contributed by atoms with Gasteiger partial charge >= 0.3 is 0 Å². The Bertz CT molecular complexity index is 1140. The molecule has 6 nitrogen and oxygen atoms in total. The van der Waals surface area contributed by atoms with Gasteiger partial charge in [0.15, 0.2) is 5.82 Å². The van der Waals surface area contributed by atoms with E-state index in [2.05, 4.69) is 15.4 Å². The van der Waals surface area contributed by atoms with E-state index in [9.17, 15) is 4.79 Å². The maximum absolute atomic E-state index is 12.2. The van der Waals surface area contributed by atoms with Crippen molar-refractivity contribution >= 4 is 46.7 Å². The van der Waals surface area contributed by atoms with Crippen molar-refractivity contribution in [2.24, 2.45) is 5.73 Å². The van der Waals surface area contributed by atoms with Gasteiger partial charge in [0.25, 0.3) is 0 Å². The quantitative estimate of drug-likeness (QED) is 0.627. The molecule has 2 heterocycles. The highest BCUT2D eigenvalue weighted by Crippen LogP contribution is 2.39. The van der Waals surface area contributed by atoms with Gasteiger partial charge in [-0.1, -0.05) is 53.0 Å². The lowest BCUT2D eigenvalue weighted by molar-refractivity contribution is -0.115. The fraction of sp³-hybridized carbons (Fsp3) is 0.105. The molecule has 1 aromatic heterocycles. The number of rotatable bonds is 3. The molecule has 1 atom stereocenters. The molecule has 0 fully saturated rings. The molecule has 2 aromatic carbocycles. The summed E-state index contributed by atoms with van der Waals surface area (Å²) in [6, 6.07) is 11.8. The van der Waals surface area contributed by atoms with Crippen molar-refractivity contribution in [1.82, 2.24) is 14.8 Å². The third-order valence-electron chi connectivity index (χ3n) is 4.50. The highest BCUT2D eigenvalue weighted by Gasteiger charge is 2.34. The first-order valence-electron chi connectivity index (χ1n) is 8.31. The van der Waals surface area contributed by atoms with Crippen LogP contribution < -0.4 is 11.1 Å². The smallest absolute Gasteiger partial charge is 0.248 e. The van der Waals surface area contributed by atoms with Crippen LogP contribution >= 0.6 is 34.8 Å². The molecule has 1 amide bonds. The molecule has 0 bridgehead atoms. The fourth-order valence-corrected chi connectivity index (χ4v) is 3.75. The number of halogens is 3. The molecule has 0 aliphatic carbocycles. The Morgan fingerprint density at radius 2 is 1.86 bits per heavy atom. The van der Waals surface area contributed by atoms with Crippen LogP contribution in [0, 0.1) is 0 Å². The number of allylic oxidation sites excluding steroid dienone is 1. The van der Waals surface area contributed by atoms with Gasteiger partial charge in [-0.2, -0.15) is 4.98 Å². The number of aromatic nitrogens is 3. The minimum absolute atomic E-state index is 0.367.